The first kappa shape index (κ1) is 23.9. The third-order valence-electron chi connectivity index (χ3n) is 5.78. The molecule has 30 heavy (non-hydrogen) atoms. The van der Waals surface area contributed by atoms with Crippen LogP contribution in [-0.4, -0.2) is 48.3 Å². The van der Waals surface area contributed by atoms with Gasteiger partial charge < -0.3 is 15.5 Å². The first-order valence-electron chi connectivity index (χ1n) is 11.4. The summed E-state index contributed by atoms with van der Waals surface area (Å²) in [5.74, 6) is -0.417. The Bertz CT molecular complexity index is 678. The van der Waals surface area contributed by atoms with Crippen molar-refractivity contribution >= 4 is 17.7 Å². The van der Waals surface area contributed by atoms with Crippen LogP contribution in [0.2, 0.25) is 0 Å². The molecule has 1 heterocycles. The monoisotopic (exact) mass is 415 g/mol. The number of carbonyl (C=O) groups is 3. The highest BCUT2D eigenvalue weighted by Gasteiger charge is 2.30. The molecule has 1 aromatic rings. The average molecular weight is 416 g/mol. The van der Waals surface area contributed by atoms with Gasteiger partial charge in [0, 0.05) is 26.4 Å². The fourth-order valence-corrected chi connectivity index (χ4v) is 3.82. The second-order valence-corrected chi connectivity index (χ2v) is 8.22. The highest BCUT2D eigenvalue weighted by molar-refractivity contribution is 5.92. The van der Waals surface area contributed by atoms with Crippen LogP contribution in [0.4, 0.5) is 0 Å². The molecule has 0 bridgehead atoms. The van der Waals surface area contributed by atoms with Crippen molar-refractivity contribution in [2.45, 2.75) is 83.2 Å². The van der Waals surface area contributed by atoms with Gasteiger partial charge in [0.25, 0.3) is 0 Å². The van der Waals surface area contributed by atoms with E-state index in [4.69, 9.17) is 0 Å². The average Bonchev–Trinajstić information content (AvgIpc) is 2.96. The minimum absolute atomic E-state index is 0.0205. The molecule has 6 heteroatoms. The molecule has 2 rings (SSSR count). The summed E-state index contributed by atoms with van der Waals surface area (Å²) in [5.41, 5.74) is 0.991. The van der Waals surface area contributed by atoms with E-state index >= 15 is 0 Å². The van der Waals surface area contributed by atoms with Crippen LogP contribution >= 0.6 is 0 Å². The molecule has 1 aliphatic heterocycles. The lowest BCUT2D eigenvalue weighted by molar-refractivity contribution is -0.140. The van der Waals surface area contributed by atoms with Gasteiger partial charge in [-0.1, -0.05) is 62.9 Å². The van der Waals surface area contributed by atoms with Crippen LogP contribution in [0.5, 0.6) is 0 Å². The molecule has 1 fully saturated rings. The molecule has 0 aromatic heterocycles. The lowest BCUT2D eigenvalue weighted by atomic mass is 10.0. The molecule has 1 aromatic carbocycles. The molecular weight excluding hydrogens is 378 g/mol. The van der Waals surface area contributed by atoms with Crippen LogP contribution in [0, 0.1) is 0 Å². The molecular formula is C24H37N3O3. The lowest BCUT2D eigenvalue weighted by Crippen LogP contribution is -2.54. The molecule has 3 amide bonds. The maximum atomic E-state index is 13.1. The summed E-state index contributed by atoms with van der Waals surface area (Å²) < 4.78 is 0. The molecule has 0 unspecified atom stereocenters. The number of rotatable bonds is 11. The van der Waals surface area contributed by atoms with E-state index in [1.807, 2.05) is 30.3 Å². The largest absolute Gasteiger partial charge is 0.354 e. The lowest BCUT2D eigenvalue weighted by Gasteiger charge is -2.29. The van der Waals surface area contributed by atoms with Crippen molar-refractivity contribution in [3.05, 3.63) is 35.9 Å². The van der Waals surface area contributed by atoms with E-state index in [1.54, 1.807) is 11.9 Å². The number of nitrogens with one attached hydrogen (secondary N) is 2. The maximum Gasteiger partial charge on any atom is 0.243 e. The third kappa shape index (κ3) is 7.81. The number of nitrogens with zero attached hydrogens (tertiary/aromatic N) is 1. The summed E-state index contributed by atoms with van der Waals surface area (Å²) in [5, 5.41) is 5.75. The Morgan fingerprint density at radius 3 is 2.60 bits per heavy atom. The Labute approximate surface area is 180 Å². The van der Waals surface area contributed by atoms with Gasteiger partial charge in [0.15, 0.2) is 0 Å². The summed E-state index contributed by atoms with van der Waals surface area (Å²) in [6.45, 7) is 2.81. The van der Waals surface area contributed by atoms with Crippen molar-refractivity contribution in [3.8, 4) is 0 Å². The van der Waals surface area contributed by atoms with E-state index in [9.17, 15) is 14.4 Å². The van der Waals surface area contributed by atoms with Crippen LogP contribution in [0.15, 0.2) is 30.3 Å². The number of likely N-dealkylation sites (N-methyl/N-ethyl adjacent to an activating group) is 1. The van der Waals surface area contributed by atoms with Gasteiger partial charge in [0.2, 0.25) is 17.7 Å². The topological polar surface area (TPSA) is 78.5 Å². The fourth-order valence-electron chi connectivity index (χ4n) is 3.82. The van der Waals surface area contributed by atoms with Crippen molar-refractivity contribution < 1.29 is 14.4 Å². The van der Waals surface area contributed by atoms with Crippen molar-refractivity contribution in [1.29, 1.82) is 0 Å². The zero-order valence-electron chi connectivity index (χ0n) is 18.5. The van der Waals surface area contributed by atoms with Crippen molar-refractivity contribution in [3.63, 3.8) is 0 Å². The summed E-state index contributed by atoms with van der Waals surface area (Å²) in [7, 11) is 1.70. The van der Waals surface area contributed by atoms with E-state index in [2.05, 4.69) is 17.6 Å². The van der Waals surface area contributed by atoms with Gasteiger partial charge in [-0.15, -0.1) is 0 Å². The number of amides is 3. The van der Waals surface area contributed by atoms with Crippen LogP contribution in [0.3, 0.4) is 0 Å². The summed E-state index contributed by atoms with van der Waals surface area (Å²) >= 11 is 0. The highest BCUT2D eigenvalue weighted by Crippen LogP contribution is 2.14. The Balaban J connectivity index is 2.04. The van der Waals surface area contributed by atoms with Gasteiger partial charge >= 0.3 is 0 Å². The Kier molecular flexibility index (Phi) is 10.4. The molecule has 1 aliphatic rings. The van der Waals surface area contributed by atoms with Crippen LogP contribution < -0.4 is 10.6 Å². The second-order valence-electron chi connectivity index (χ2n) is 8.22. The molecule has 0 aliphatic carbocycles. The number of hydrogen-bond donors (Lipinski definition) is 2. The van der Waals surface area contributed by atoms with Gasteiger partial charge in [-0.2, -0.15) is 0 Å². The van der Waals surface area contributed by atoms with E-state index in [-0.39, 0.29) is 17.7 Å². The minimum Gasteiger partial charge on any atom is -0.354 e. The summed E-state index contributed by atoms with van der Waals surface area (Å²) in [4.78, 5) is 39.8. The first-order chi connectivity index (χ1) is 14.5. The number of benzene rings is 1. The van der Waals surface area contributed by atoms with E-state index < -0.39 is 12.1 Å². The first-order valence-corrected chi connectivity index (χ1v) is 11.4. The Morgan fingerprint density at radius 2 is 1.87 bits per heavy atom. The van der Waals surface area contributed by atoms with Crippen molar-refractivity contribution in [2.75, 3.05) is 13.6 Å². The van der Waals surface area contributed by atoms with Crippen molar-refractivity contribution in [1.82, 2.24) is 15.5 Å². The summed E-state index contributed by atoms with van der Waals surface area (Å²) in [6.07, 6.45) is 8.68. The second kappa shape index (κ2) is 13.0. The summed E-state index contributed by atoms with van der Waals surface area (Å²) in [6, 6.07) is 8.54. The standard InChI is InChI=1S/C24H37N3O3/c1-3-4-5-6-10-16-22(28)27(2)21(18-19-13-8-7-9-14-19)24(30)26-20-15-11-12-17-25-23(20)29/h7-9,13-14,20-21H,3-6,10-12,15-18H2,1-2H3,(H,25,29)(H,26,30)/t20-,21+/m1/s1. The zero-order chi connectivity index (χ0) is 21.8. The SMILES string of the molecule is CCCCCCCC(=O)N(C)[C@@H](Cc1ccccc1)C(=O)N[C@@H]1CCCCNC1=O. The van der Waals surface area contributed by atoms with E-state index in [1.165, 1.54) is 12.8 Å². The molecule has 6 nitrogen and oxygen atoms in total. The van der Waals surface area contributed by atoms with Gasteiger partial charge in [0.05, 0.1) is 0 Å². The van der Waals surface area contributed by atoms with E-state index in [0.717, 1.165) is 37.7 Å². The zero-order valence-corrected chi connectivity index (χ0v) is 18.5. The molecule has 2 atom stereocenters. The minimum atomic E-state index is -0.633. The van der Waals surface area contributed by atoms with Gasteiger partial charge in [-0.05, 0) is 31.2 Å². The van der Waals surface area contributed by atoms with Crippen LogP contribution in [-0.2, 0) is 20.8 Å². The number of carbonyl (C=O) groups excluding carboxylic acids is 3. The quantitative estimate of drug-likeness (QED) is 0.545. The predicted molar refractivity (Wildman–Crippen MR) is 119 cm³/mol. The fraction of sp³-hybridized carbons (Fsp3) is 0.625. The molecule has 0 radical (unpaired) electrons. The molecule has 0 saturated carbocycles. The van der Waals surface area contributed by atoms with Gasteiger partial charge in [0.1, 0.15) is 12.1 Å². The maximum absolute atomic E-state index is 13.1. The molecule has 0 spiro atoms. The van der Waals surface area contributed by atoms with Crippen molar-refractivity contribution in [2.24, 2.45) is 0 Å². The highest BCUT2D eigenvalue weighted by atomic mass is 16.2. The molecule has 1 saturated heterocycles. The number of hydrogen-bond acceptors (Lipinski definition) is 3. The number of unbranched alkanes of at least 4 members (excludes halogenated alkanes) is 4. The van der Waals surface area contributed by atoms with Gasteiger partial charge in [-0.25, -0.2) is 0 Å². The molecule has 2 N–H and O–H groups in total. The normalized spacial score (nSPS) is 17.5. The van der Waals surface area contributed by atoms with E-state index in [0.29, 0.717) is 25.8 Å². The third-order valence-corrected chi connectivity index (χ3v) is 5.78. The smallest absolute Gasteiger partial charge is 0.243 e. The Morgan fingerprint density at radius 1 is 1.13 bits per heavy atom. The van der Waals surface area contributed by atoms with Crippen LogP contribution in [0.1, 0.15) is 70.3 Å². The Hall–Kier alpha value is -2.37. The van der Waals surface area contributed by atoms with Crippen LogP contribution in [0.25, 0.3) is 0 Å². The molecule has 166 valence electrons. The van der Waals surface area contributed by atoms with Gasteiger partial charge in [-0.3, -0.25) is 14.4 Å². The predicted octanol–water partition coefficient (Wildman–Crippen LogP) is 3.20.